The molecule has 0 heterocycles. The van der Waals surface area contributed by atoms with Crippen molar-refractivity contribution in [3.8, 4) is 0 Å². The summed E-state index contributed by atoms with van der Waals surface area (Å²) in [6, 6.07) is 1.98. The lowest BCUT2D eigenvalue weighted by atomic mass is 9.86. The molecule has 0 aromatic rings. The highest BCUT2D eigenvalue weighted by molar-refractivity contribution is 4.93. The van der Waals surface area contributed by atoms with Gasteiger partial charge in [-0.3, -0.25) is 0 Å². The molecule has 13 heavy (non-hydrogen) atoms. The highest BCUT2D eigenvalue weighted by atomic mass is 15.0. The summed E-state index contributed by atoms with van der Waals surface area (Å²) in [6.45, 7) is 4.75. The Morgan fingerprint density at radius 3 is 2.38 bits per heavy atom. The highest BCUT2D eigenvalue weighted by Crippen LogP contribution is 2.37. The zero-order valence-electron chi connectivity index (χ0n) is 8.84. The predicted molar refractivity (Wildman–Crippen MR) is 55.6 cm³/mol. The van der Waals surface area contributed by atoms with E-state index in [4.69, 9.17) is 5.73 Å². The minimum absolute atomic E-state index is 0.479. The topological polar surface area (TPSA) is 38.0 Å². The van der Waals surface area contributed by atoms with Gasteiger partial charge in [-0.15, -0.1) is 0 Å². The zero-order chi connectivity index (χ0) is 9.47. The second-order valence-corrected chi connectivity index (χ2v) is 5.70. The van der Waals surface area contributed by atoms with Crippen LogP contribution in [-0.2, 0) is 0 Å². The van der Waals surface area contributed by atoms with Crippen LogP contribution in [0.25, 0.3) is 0 Å². The summed E-state index contributed by atoms with van der Waals surface area (Å²) in [5.74, 6) is 0. The number of hydrogen-bond acceptors (Lipinski definition) is 2. The highest BCUT2D eigenvalue weighted by Gasteiger charge is 2.34. The predicted octanol–water partition coefficient (Wildman–Crippen LogP) is 1.64. The molecule has 2 aliphatic rings. The van der Waals surface area contributed by atoms with Crippen LogP contribution in [0.3, 0.4) is 0 Å². The summed E-state index contributed by atoms with van der Waals surface area (Å²) in [4.78, 5) is 0. The smallest absolute Gasteiger partial charge is 0.00991 e. The maximum absolute atomic E-state index is 5.76. The van der Waals surface area contributed by atoms with Crippen LogP contribution in [-0.4, -0.2) is 18.1 Å². The average Bonchev–Trinajstić information content (AvgIpc) is 2.27. The van der Waals surface area contributed by atoms with E-state index in [1.807, 2.05) is 0 Å². The maximum Gasteiger partial charge on any atom is 0.00991 e. The summed E-state index contributed by atoms with van der Waals surface area (Å²) in [7, 11) is 0. The fourth-order valence-corrected chi connectivity index (χ4v) is 2.71. The van der Waals surface area contributed by atoms with Gasteiger partial charge in [0.1, 0.15) is 0 Å². The molecule has 2 rings (SSSR count). The van der Waals surface area contributed by atoms with Crippen molar-refractivity contribution in [2.24, 2.45) is 11.1 Å². The van der Waals surface area contributed by atoms with Gasteiger partial charge >= 0.3 is 0 Å². The van der Waals surface area contributed by atoms with Gasteiger partial charge in [0, 0.05) is 18.1 Å². The Labute approximate surface area is 81.3 Å². The molecular formula is C11H22N2. The van der Waals surface area contributed by atoms with Gasteiger partial charge in [0.25, 0.3) is 0 Å². The second-order valence-electron chi connectivity index (χ2n) is 5.70. The van der Waals surface area contributed by atoms with Crippen molar-refractivity contribution < 1.29 is 0 Å². The molecule has 2 aliphatic carbocycles. The Kier molecular flexibility index (Phi) is 2.37. The lowest BCUT2D eigenvalue weighted by Crippen LogP contribution is -2.51. The second kappa shape index (κ2) is 3.25. The number of hydrogen-bond donors (Lipinski definition) is 2. The molecule has 2 nitrogen and oxygen atoms in total. The Bertz CT molecular complexity index is 183. The SMILES string of the molecule is CC1(C)CCC(NC2CC(N)C2)C1. The van der Waals surface area contributed by atoms with Gasteiger partial charge in [-0.1, -0.05) is 13.8 Å². The lowest BCUT2D eigenvalue weighted by Gasteiger charge is -2.35. The number of nitrogens with two attached hydrogens (primary N) is 1. The van der Waals surface area contributed by atoms with Crippen molar-refractivity contribution >= 4 is 0 Å². The molecule has 0 aliphatic heterocycles. The average molecular weight is 182 g/mol. The maximum atomic E-state index is 5.76. The quantitative estimate of drug-likeness (QED) is 0.681. The minimum Gasteiger partial charge on any atom is -0.328 e. The van der Waals surface area contributed by atoms with E-state index < -0.39 is 0 Å². The molecule has 3 N–H and O–H groups in total. The van der Waals surface area contributed by atoms with Crippen LogP contribution in [0.15, 0.2) is 0 Å². The van der Waals surface area contributed by atoms with Crippen molar-refractivity contribution in [2.75, 3.05) is 0 Å². The summed E-state index contributed by atoms with van der Waals surface area (Å²) in [5.41, 5.74) is 6.33. The minimum atomic E-state index is 0.479. The van der Waals surface area contributed by atoms with Gasteiger partial charge in [-0.05, 0) is 37.5 Å². The molecule has 0 bridgehead atoms. The summed E-state index contributed by atoms with van der Waals surface area (Å²) in [5, 5.41) is 3.72. The largest absolute Gasteiger partial charge is 0.328 e. The van der Waals surface area contributed by atoms with Crippen LogP contribution >= 0.6 is 0 Å². The van der Waals surface area contributed by atoms with E-state index in [1.54, 1.807) is 0 Å². The van der Waals surface area contributed by atoms with Gasteiger partial charge in [0.05, 0.1) is 0 Å². The van der Waals surface area contributed by atoms with E-state index in [9.17, 15) is 0 Å². The fraction of sp³-hybridized carbons (Fsp3) is 1.00. The first-order valence-electron chi connectivity index (χ1n) is 5.57. The van der Waals surface area contributed by atoms with Crippen LogP contribution in [0.2, 0.25) is 0 Å². The molecule has 0 amide bonds. The third kappa shape index (κ3) is 2.23. The first-order valence-corrected chi connectivity index (χ1v) is 5.57. The number of nitrogens with one attached hydrogen (secondary N) is 1. The Hall–Kier alpha value is -0.0800. The van der Waals surface area contributed by atoms with E-state index in [0.717, 1.165) is 12.1 Å². The first kappa shape index (κ1) is 9.47. The Morgan fingerprint density at radius 1 is 1.23 bits per heavy atom. The van der Waals surface area contributed by atoms with Crippen molar-refractivity contribution in [1.29, 1.82) is 0 Å². The molecule has 76 valence electrons. The molecule has 2 heteroatoms. The third-order valence-corrected chi connectivity index (χ3v) is 3.61. The Morgan fingerprint density at radius 2 is 1.92 bits per heavy atom. The molecular weight excluding hydrogens is 160 g/mol. The van der Waals surface area contributed by atoms with E-state index in [-0.39, 0.29) is 0 Å². The molecule has 0 aromatic carbocycles. The van der Waals surface area contributed by atoms with Crippen LogP contribution in [0.1, 0.15) is 46.0 Å². The summed E-state index contributed by atoms with van der Waals surface area (Å²) < 4.78 is 0. The van der Waals surface area contributed by atoms with E-state index in [2.05, 4.69) is 19.2 Å². The van der Waals surface area contributed by atoms with E-state index in [1.165, 1.54) is 32.1 Å². The van der Waals surface area contributed by atoms with Crippen molar-refractivity contribution in [3.63, 3.8) is 0 Å². The van der Waals surface area contributed by atoms with Crippen LogP contribution in [0.5, 0.6) is 0 Å². The van der Waals surface area contributed by atoms with Crippen LogP contribution in [0, 0.1) is 5.41 Å². The Balaban J connectivity index is 1.72. The number of rotatable bonds is 2. The van der Waals surface area contributed by atoms with Gasteiger partial charge < -0.3 is 11.1 Å². The summed E-state index contributed by atoms with van der Waals surface area (Å²) in [6.07, 6.45) is 6.47. The third-order valence-electron chi connectivity index (χ3n) is 3.61. The van der Waals surface area contributed by atoms with Crippen molar-refractivity contribution in [1.82, 2.24) is 5.32 Å². The molecule has 1 unspecified atom stereocenters. The molecule has 0 radical (unpaired) electrons. The normalized spacial score (nSPS) is 43.2. The molecule has 2 saturated carbocycles. The lowest BCUT2D eigenvalue weighted by molar-refractivity contribution is 0.258. The zero-order valence-corrected chi connectivity index (χ0v) is 8.84. The van der Waals surface area contributed by atoms with Gasteiger partial charge in [0.15, 0.2) is 0 Å². The molecule has 1 atom stereocenters. The van der Waals surface area contributed by atoms with Gasteiger partial charge in [-0.2, -0.15) is 0 Å². The molecule has 0 saturated heterocycles. The summed E-state index contributed by atoms with van der Waals surface area (Å²) >= 11 is 0. The van der Waals surface area contributed by atoms with Crippen molar-refractivity contribution in [2.45, 2.75) is 64.1 Å². The van der Waals surface area contributed by atoms with Crippen molar-refractivity contribution in [3.05, 3.63) is 0 Å². The molecule has 0 aromatic heterocycles. The van der Waals surface area contributed by atoms with E-state index in [0.29, 0.717) is 11.5 Å². The monoisotopic (exact) mass is 182 g/mol. The van der Waals surface area contributed by atoms with Gasteiger partial charge in [-0.25, -0.2) is 0 Å². The fourth-order valence-electron chi connectivity index (χ4n) is 2.71. The first-order chi connectivity index (χ1) is 6.05. The van der Waals surface area contributed by atoms with Crippen LogP contribution in [0.4, 0.5) is 0 Å². The van der Waals surface area contributed by atoms with Crippen LogP contribution < -0.4 is 11.1 Å². The van der Waals surface area contributed by atoms with Gasteiger partial charge in [0.2, 0.25) is 0 Å². The molecule has 0 spiro atoms. The molecule has 2 fully saturated rings. The standard InChI is InChI=1S/C11H22N2/c1-11(2)4-3-9(7-11)13-10-5-8(12)6-10/h8-10,13H,3-7,12H2,1-2H3. The van der Waals surface area contributed by atoms with E-state index >= 15 is 0 Å².